The first-order valence-corrected chi connectivity index (χ1v) is 8.84. The van der Waals surface area contributed by atoms with E-state index in [0.717, 1.165) is 11.3 Å². The average molecular weight is 313 g/mol. The van der Waals surface area contributed by atoms with Crippen molar-refractivity contribution in [2.45, 2.75) is 37.5 Å². The fraction of sp³-hybridized carbons (Fsp3) is 0.600. The highest BCUT2D eigenvalue weighted by Crippen LogP contribution is 2.23. The van der Waals surface area contributed by atoms with Crippen LogP contribution in [-0.2, 0) is 14.8 Å². The van der Waals surface area contributed by atoms with E-state index in [0.29, 0.717) is 32.5 Å². The topological polar surface area (TPSA) is 64.6 Å². The van der Waals surface area contributed by atoms with Gasteiger partial charge in [-0.1, -0.05) is 19.1 Å². The van der Waals surface area contributed by atoms with Gasteiger partial charge in [0.2, 0.25) is 10.0 Å². The molecule has 0 spiro atoms. The SMILES string of the molecule is CCC(NS(=O)(=O)C1CCOCC1)c1ccc(OC)cc1. The van der Waals surface area contributed by atoms with Crippen LogP contribution in [0.2, 0.25) is 0 Å². The van der Waals surface area contributed by atoms with Crippen LogP contribution < -0.4 is 9.46 Å². The molecule has 1 N–H and O–H groups in total. The summed E-state index contributed by atoms with van der Waals surface area (Å²) < 4.78 is 38.1. The molecular weight excluding hydrogens is 290 g/mol. The number of methoxy groups -OCH3 is 1. The molecule has 1 aliphatic rings. The van der Waals surface area contributed by atoms with Crippen molar-refractivity contribution < 1.29 is 17.9 Å². The third-order valence-corrected chi connectivity index (χ3v) is 5.80. The van der Waals surface area contributed by atoms with E-state index in [4.69, 9.17) is 9.47 Å². The number of ether oxygens (including phenoxy) is 2. The fourth-order valence-electron chi connectivity index (χ4n) is 2.50. The molecule has 2 rings (SSSR count). The summed E-state index contributed by atoms with van der Waals surface area (Å²) in [5.74, 6) is 0.765. The quantitative estimate of drug-likeness (QED) is 0.875. The molecule has 6 heteroatoms. The Kier molecular flexibility index (Phi) is 5.61. The van der Waals surface area contributed by atoms with Gasteiger partial charge in [-0.25, -0.2) is 13.1 Å². The molecule has 1 heterocycles. The summed E-state index contributed by atoms with van der Waals surface area (Å²) in [5.41, 5.74) is 0.953. The van der Waals surface area contributed by atoms with Gasteiger partial charge >= 0.3 is 0 Å². The second kappa shape index (κ2) is 7.24. The first-order chi connectivity index (χ1) is 10.1. The van der Waals surface area contributed by atoms with E-state index in [1.165, 1.54) is 0 Å². The Morgan fingerprint density at radius 3 is 2.43 bits per heavy atom. The zero-order valence-electron chi connectivity index (χ0n) is 12.5. The Morgan fingerprint density at radius 1 is 1.29 bits per heavy atom. The van der Waals surface area contributed by atoms with E-state index >= 15 is 0 Å². The molecule has 1 atom stereocenters. The summed E-state index contributed by atoms with van der Waals surface area (Å²) in [7, 11) is -1.71. The lowest BCUT2D eigenvalue weighted by Crippen LogP contribution is -2.39. The van der Waals surface area contributed by atoms with Gasteiger partial charge in [-0.3, -0.25) is 0 Å². The highest BCUT2D eigenvalue weighted by molar-refractivity contribution is 7.90. The molecule has 1 aromatic rings. The second-order valence-electron chi connectivity index (χ2n) is 5.21. The minimum absolute atomic E-state index is 0.205. The lowest BCUT2D eigenvalue weighted by molar-refractivity contribution is 0.0980. The fourth-order valence-corrected chi connectivity index (χ4v) is 4.21. The average Bonchev–Trinajstić information content (AvgIpc) is 2.53. The molecule has 1 aromatic carbocycles. The molecule has 0 saturated carbocycles. The van der Waals surface area contributed by atoms with Crippen molar-refractivity contribution in [2.75, 3.05) is 20.3 Å². The summed E-state index contributed by atoms with van der Waals surface area (Å²) in [4.78, 5) is 0. The largest absolute Gasteiger partial charge is 0.497 e. The van der Waals surface area contributed by atoms with E-state index in [1.54, 1.807) is 7.11 Å². The van der Waals surface area contributed by atoms with Crippen LogP contribution in [0.5, 0.6) is 5.75 Å². The van der Waals surface area contributed by atoms with Crippen LogP contribution in [0.3, 0.4) is 0 Å². The van der Waals surface area contributed by atoms with Crippen LogP contribution in [-0.4, -0.2) is 34.0 Å². The van der Waals surface area contributed by atoms with Crippen LogP contribution >= 0.6 is 0 Å². The molecule has 1 fully saturated rings. The number of hydrogen-bond acceptors (Lipinski definition) is 4. The van der Waals surface area contributed by atoms with E-state index in [9.17, 15) is 8.42 Å². The number of rotatable bonds is 6. The highest BCUT2D eigenvalue weighted by atomic mass is 32.2. The first-order valence-electron chi connectivity index (χ1n) is 7.29. The molecule has 5 nitrogen and oxygen atoms in total. The molecule has 0 radical (unpaired) electrons. The van der Waals surface area contributed by atoms with Gasteiger partial charge in [0.25, 0.3) is 0 Å². The molecule has 0 amide bonds. The van der Waals surface area contributed by atoms with Gasteiger partial charge in [0.15, 0.2) is 0 Å². The maximum Gasteiger partial charge on any atom is 0.215 e. The van der Waals surface area contributed by atoms with Gasteiger partial charge in [-0.15, -0.1) is 0 Å². The van der Waals surface area contributed by atoms with Crippen LogP contribution in [0.4, 0.5) is 0 Å². The van der Waals surface area contributed by atoms with Gasteiger partial charge in [0, 0.05) is 19.3 Å². The predicted molar refractivity (Wildman–Crippen MR) is 81.9 cm³/mol. The third kappa shape index (κ3) is 4.18. The van der Waals surface area contributed by atoms with Gasteiger partial charge in [0.1, 0.15) is 5.75 Å². The standard InChI is InChI=1S/C15H23NO4S/c1-3-15(12-4-6-13(19-2)7-5-12)16-21(17,18)14-8-10-20-11-9-14/h4-7,14-16H,3,8-11H2,1-2H3. The Bertz CT molecular complexity index is 535. The zero-order chi connectivity index (χ0) is 15.3. The molecule has 0 aromatic heterocycles. The number of hydrogen-bond donors (Lipinski definition) is 1. The molecule has 1 aliphatic heterocycles. The van der Waals surface area contributed by atoms with Gasteiger partial charge in [-0.05, 0) is 37.0 Å². The van der Waals surface area contributed by atoms with Crippen molar-refractivity contribution in [3.8, 4) is 5.75 Å². The Morgan fingerprint density at radius 2 is 1.90 bits per heavy atom. The molecule has 0 aliphatic carbocycles. The lowest BCUT2D eigenvalue weighted by atomic mass is 10.1. The minimum Gasteiger partial charge on any atom is -0.497 e. The van der Waals surface area contributed by atoms with Crippen LogP contribution in [0.1, 0.15) is 37.8 Å². The number of nitrogens with one attached hydrogen (secondary N) is 1. The van der Waals surface area contributed by atoms with Gasteiger partial charge in [-0.2, -0.15) is 0 Å². The molecule has 118 valence electrons. The monoisotopic (exact) mass is 313 g/mol. The molecule has 21 heavy (non-hydrogen) atoms. The van der Waals surface area contributed by atoms with Crippen molar-refractivity contribution in [3.05, 3.63) is 29.8 Å². The lowest BCUT2D eigenvalue weighted by Gasteiger charge is -2.25. The number of benzene rings is 1. The summed E-state index contributed by atoms with van der Waals surface area (Å²) in [6, 6.07) is 7.30. The van der Waals surface area contributed by atoms with E-state index in [-0.39, 0.29) is 11.3 Å². The molecular formula is C15H23NO4S. The van der Waals surface area contributed by atoms with Crippen molar-refractivity contribution in [1.29, 1.82) is 0 Å². The maximum atomic E-state index is 12.5. The van der Waals surface area contributed by atoms with E-state index in [1.807, 2.05) is 31.2 Å². The Balaban J connectivity index is 2.09. The van der Waals surface area contributed by atoms with Crippen LogP contribution in [0.25, 0.3) is 0 Å². The molecule has 0 bridgehead atoms. The van der Waals surface area contributed by atoms with E-state index < -0.39 is 10.0 Å². The summed E-state index contributed by atoms with van der Waals surface area (Å²) in [6.45, 7) is 3.01. The van der Waals surface area contributed by atoms with Gasteiger partial charge in [0.05, 0.1) is 12.4 Å². The molecule has 1 saturated heterocycles. The summed E-state index contributed by atoms with van der Waals surface area (Å²) >= 11 is 0. The second-order valence-corrected chi connectivity index (χ2v) is 7.20. The van der Waals surface area contributed by atoms with Crippen LogP contribution in [0.15, 0.2) is 24.3 Å². The highest BCUT2D eigenvalue weighted by Gasteiger charge is 2.29. The number of sulfonamides is 1. The van der Waals surface area contributed by atoms with Crippen molar-refractivity contribution in [3.63, 3.8) is 0 Å². The van der Waals surface area contributed by atoms with E-state index in [2.05, 4.69) is 4.72 Å². The summed E-state index contributed by atoms with van der Waals surface area (Å²) in [6.07, 6.45) is 1.83. The van der Waals surface area contributed by atoms with Crippen molar-refractivity contribution >= 4 is 10.0 Å². The summed E-state index contributed by atoms with van der Waals surface area (Å²) in [5, 5.41) is -0.349. The molecule has 1 unspecified atom stereocenters. The normalized spacial score (nSPS) is 18.4. The van der Waals surface area contributed by atoms with Crippen molar-refractivity contribution in [1.82, 2.24) is 4.72 Å². The van der Waals surface area contributed by atoms with Crippen LogP contribution in [0, 0.1) is 0 Å². The zero-order valence-corrected chi connectivity index (χ0v) is 13.4. The predicted octanol–water partition coefficient (Wildman–Crippen LogP) is 2.24. The van der Waals surface area contributed by atoms with Gasteiger partial charge < -0.3 is 9.47 Å². The smallest absolute Gasteiger partial charge is 0.215 e. The minimum atomic E-state index is -3.32. The Hall–Kier alpha value is -1.11. The Labute approximate surface area is 126 Å². The first kappa shape index (κ1) is 16.3. The third-order valence-electron chi connectivity index (χ3n) is 3.84. The van der Waals surface area contributed by atoms with Crippen molar-refractivity contribution in [2.24, 2.45) is 0 Å². The maximum absolute atomic E-state index is 12.5.